The Kier molecular flexibility index (Phi) is 3.17. The number of carboxylic acids is 1. The smallest absolute Gasteiger partial charge is 0.306 e. The molecule has 0 spiro atoms. The molecule has 2 heterocycles. The first-order chi connectivity index (χ1) is 8.08. The number of nitrogen functional groups attached to an aromatic ring is 1. The third kappa shape index (κ3) is 2.49. The van der Waals surface area contributed by atoms with Crippen molar-refractivity contribution >= 4 is 17.5 Å². The maximum atomic E-state index is 10.8. The van der Waals surface area contributed by atoms with E-state index in [-0.39, 0.29) is 5.92 Å². The highest BCUT2D eigenvalue weighted by molar-refractivity contribution is 5.70. The largest absolute Gasteiger partial charge is 0.481 e. The minimum Gasteiger partial charge on any atom is -0.481 e. The summed E-state index contributed by atoms with van der Waals surface area (Å²) < 4.78 is 0. The molecular weight excluding hydrogens is 218 g/mol. The maximum absolute atomic E-state index is 10.8. The topological polar surface area (TPSA) is 79.5 Å². The van der Waals surface area contributed by atoms with Crippen LogP contribution in [-0.4, -0.2) is 29.1 Å². The fourth-order valence-electron chi connectivity index (χ4n) is 2.13. The molecule has 1 saturated heterocycles. The van der Waals surface area contributed by atoms with Gasteiger partial charge < -0.3 is 15.7 Å². The van der Waals surface area contributed by atoms with Gasteiger partial charge in [-0.2, -0.15) is 0 Å². The normalized spacial score (nSPS) is 17.1. The number of carboxylic acid groups (broad SMARTS) is 1. The van der Waals surface area contributed by atoms with Gasteiger partial charge in [-0.25, -0.2) is 4.98 Å². The van der Waals surface area contributed by atoms with Gasteiger partial charge in [-0.15, -0.1) is 0 Å². The average molecular weight is 235 g/mol. The van der Waals surface area contributed by atoms with Crippen LogP contribution in [0.2, 0.25) is 0 Å². The van der Waals surface area contributed by atoms with E-state index in [1.165, 1.54) is 0 Å². The lowest BCUT2D eigenvalue weighted by atomic mass is 9.97. The highest BCUT2D eigenvalue weighted by atomic mass is 16.4. The molecule has 1 aliphatic heterocycles. The van der Waals surface area contributed by atoms with Crippen LogP contribution >= 0.6 is 0 Å². The summed E-state index contributed by atoms with van der Waals surface area (Å²) in [7, 11) is 0. The van der Waals surface area contributed by atoms with Crippen molar-refractivity contribution in [3.63, 3.8) is 0 Å². The van der Waals surface area contributed by atoms with E-state index in [0.29, 0.717) is 18.7 Å². The van der Waals surface area contributed by atoms with E-state index in [1.807, 2.05) is 13.0 Å². The predicted octanol–water partition coefficient (Wildman–Crippen LogP) is 1.27. The summed E-state index contributed by atoms with van der Waals surface area (Å²) in [4.78, 5) is 17.1. The molecule has 5 heteroatoms. The number of piperidine rings is 1. The molecule has 0 radical (unpaired) electrons. The first-order valence-corrected chi connectivity index (χ1v) is 5.78. The molecule has 5 nitrogen and oxygen atoms in total. The number of nitrogens with zero attached hydrogens (tertiary/aromatic N) is 2. The Morgan fingerprint density at radius 3 is 2.71 bits per heavy atom. The van der Waals surface area contributed by atoms with Crippen LogP contribution in [-0.2, 0) is 4.79 Å². The highest BCUT2D eigenvalue weighted by Crippen LogP contribution is 2.24. The zero-order chi connectivity index (χ0) is 12.4. The number of nitrogens with two attached hydrogens (primary N) is 1. The molecule has 1 fully saturated rings. The second-order valence-electron chi connectivity index (χ2n) is 4.50. The molecular formula is C12H17N3O2. The summed E-state index contributed by atoms with van der Waals surface area (Å²) in [6.07, 6.45) is 3.14. The minimum atomic E-state index is -0.684. The van der Waals surface area contributed by atoms with Gasteiger partial charge >= 0.3 is 5.97 Å². The number of aliphatic carboxylic acids is 1. The molecule has 92 valence electrons. The van der Waals surface area contributed by atoms with Crippen LogP contribution in [0.4, 0.5) is 11.5 Å². The quantitative estimate of drug-likeness (QED) is 0.807. The second-order valence-corrected chi connectivity index (χ2v) is 4.50. The van der Waals surface area contributed by atoms with Crippen LogP contribution in [0.15, 0.2) is 12.3 Å². The van der Waals surface area contributed by atoms with Crippen molar-refractivity contribution in [3.8, 4) is 0 Å². The molecule has 0 aliphatic carbocycles. The van der Waals surface area contributed by atoms with Crippen LogP contribution in [0.25, 0.3) is 0 Å². The maximum Gasteiger partial charge on any atom is 0.306 e. The lowest BCUT2D eigenvalue weighted by Crippen LogP contribution is -2.36. The zero-order valence-electron chi connectivity index (χ0n) is 9.89. The molecule has 1 aromatic rings. The van der Waals surface area contributed by atoms with Crippen molar-refractivity contribution in [2.45, 2.75) is 19.8 Å². The van der Waals surface area contributed by atoms with E-state index in [1.54, 1.807) is 6.20 Å². The monoisotopic (exact) mass is 235 g/mol. The van der Waals surface area contributed by atoms with Crippen LogP contribution in [0, 0.1) is 12.8 Å². The van der Waals surface area contributed by atoms with E-state index in [2.05, 4.69) is 9.88 Å². The van der Waals surface area contributed by atoms with Gasteiger partial charge in [0, 0.05) is 13.1 Å². The Morgan fingerprint density at radius 2 is 2.18 bits per heavy atom. The van der Waals surface area contributed by atoms with Crippen molar-refractivity contribution < 1.29 is 9.90 Å². The molecule has 17 heavy (non-hydrogen) atoms. The number of aryl methyl sites for hydroxylation is 1. The number of hydrogen-bond donors (Lipinski definition) is 2. The van der Waals surface area contributed by atoms with Crippen LogP contribution in [0.5, 0.6) is 0 Å². The lowest BCUT2D eigenvalue weighted by Gasteiger charge is -2.31. The minimum absolute atomic E-state index is 0.200. The van der Waals surface area contributed by atoms with Gasteiger partial charge in [-0.3, -0.25) is 4.79 Å². The fraction of sp³-hybridized carbons (Fsp3) is 0.500. The summed E-state index contributed by atoms with van der Waals surface area (Å²) in [5.74, 6) is -0.334. The molecule has 1 aliphatic rings. The van der Waals surface area contributed by atoms with Gasteiger partial charge in [0.05, 0.1) is 17.8 Å². The van der Waals surface area contributed by atoms with Crippen LogP contribution in [0.1, 0.15) is 18.4 Å². The molecule has 3 N–H and O–H groups in total. The van der Waals surface area contributed by atoms with Crippen LogP contribution in [0.3, 0.4) is 0 Å². The SMILES string of the molecule is Cc1cc(N2CCC(C(=O)O)CC2)cnc1N. The summed E-state index contributed by atoms with van der Waals surface area (Å²) in [5, 5.41) is 8.93. The van der Waals surface area contributed by atoms with Gasteiger partial charge in [0.15, 0.2) is 0 Å². The molecule has 0 unspecified atom stereocenters. The van der Waals surface area contributed by atoms with E-state index >= 15 is 0 Å². The van der Waals surface area contributed by atoms with Gasteiger partial charge in [0.25, 0.3) is 0 Å². The Labute approximate surface area is 100 Å². The second kappa shape index (κ2) is 4.61. The van der Waals surface area contributed by atoms with Crippen LogP contribution < -0.4 is 10.6 Å². The summed E-state index contributed by atoms with van der Waals surface area (Å²) in [5.41, 5.74) is 7.66. The number of rotatable bonds is 2. The van der Waals surface area contributed by atoms with Gasteiger partial charge in [-0.1, -0.05) is 0 Å². The third-order valence-electron chi connectivity index (χ3n) is 3.31. The van der Waals surface area contributed by atoms with E-state index in [4.69, 9.17) is 10.8 Å². The number of pyridine rings is 1. The van der Waals surface area contributed by atoms with Crippen molar-refractivity contribution in [2.75, 3.05) is 23.7 Å². The summed E-state index contributed by atoms with van der Waals surface area (Å²) in [6, 6.07) is 2.00. The van der Waals surface area contributed by atoms with Crippen molar-refractivity contribution in [2.24, 2.45) is 5.92 Å². The van der Waals surface area contributed by atoms with E-state index < -0.39 is 5.97 Å². The van der Waals surface area contributed by atoms with Gasteiger partial charge in [0.2, 0.25) is 0 Å². The molecule has 2 rings (SSSR count). The highest BCUT2D eigenvalue weighted by Gasteiger charge is 2.24. The van der Waals surface area contributed by atoms with E-state index in [0.717, 1.165) is 24.3 Å². The molecule has 1 aromatic heterocycles. The number of carbonyl (C=O) groups is 1. The Hall–Kier alpha value is -1.78. The third-order valence-corrected chi connectivity index (χ3v) is 3.31. The zero-order valence-corrected chi connectivity index (χ0v) is 9.89. The van der Waals surface area contributed by atoms with Crippen molar-refractivity contribution in [3.05, 3.63) is 17.8 Å². The number of anilines is 2. The first-order valence-electron chi connectivity index (χ1n) is 5.78. The molecule has 0 bridgehead atoms. The van der Waals surface area contributed by atoms with Crippen molar-refractivity contribution in [1.82, 2.24) is 4.98 Å². The molecule has 0 aromatic carbocycles. The number of hydrogen-bond acceptors (Lipinski definition) is 4. The Balaban J connectivity index is 2.05. The average Bonchev–Trinajstić information content (AvgIpc) is 2.33. The lowest BCUT2D eigenvalue weighted by molar-refractivity contribution is -0.142. The van der Waals surface area contributed by atoms with Gasteiger partial charge in [0.1, 0.15) is 5.82 Å². The summed E-state index contributed by atoms with van der Waals surface area (Å²) in [6.45, 7) is 3.46. The molecule has 0 amide bonds. The Bertz CT molecular complexity index is 426. The first kappa shape index (κ1) is 11.7. The Morgan fingerprint density at radius 1 is 1.53 bits per heavy atom. The molecule has 0 atom stereocenters. The standard InChI is InChI=1S/C12H17N3O2/c1-8-6-10(7-14-11(8)13)15-4-2-9(3-5-15)12(16)17/h6-7,9H,2-5H2,1H3,(H2,13,14)(H,16,17). The molecule has 0 saturated carbocycles. The fourth-order valence-corrected chi connectivity index (χ4v) is 2.13. The van der Waals surface area contributed by atoms with Crippen molar-refractivity contribution in [1.29, 1.82) is 0 Å². The summed E-state index contributed by atoms with van der Waals surface area (Å²) >= 11 is 0. The van der Waals surface area contributed by atoms with E-state index in [9.17, 15) is 4.79 Å². The number of aromatic nitrogens is 1. The van der Waals surface area contributed by atoms with Gasteiger partial charge in [-0.05, 0) is 31.4 Å². The predicted molar refractivity (Wildman–Crippen MR) is 66.0 cm³/mol.